The van der Waals surface area contributed by atoms with Crippen LogP contribution in [0.1, 0.15) is 22.3 Å². The first-order chi connectivity index (χ1) is 28.7. The summed E-state index contributed by atoms with van der Waals surface area (Å²) in [7, 11) is 0. The highest BCUT2D eigenvalue weighted by Gasteiger charge is 2.51. The lowest BCUT2D eigenvalue weighted by Gasteiger charge is -2.31. The van der Waals surface area contributed by atoms with Crippen molar-refractivity contribution in [1.82, 2.24) is 0 Å². The summed E-state index contributed by atoms with van der Waals surface area (Å²) < 4.78 is 6.23. The zero-order valence-electron chi connectivity index (χ0n) is 31.4. The van der Waals surface area contributed by atoms with E-state index in [-0.39, 0.29) is 0 Å². The van der Waals surface area contributed by atoms with Crippen molar-refractivity contribution in [2.75, 3.05) is 0 Å². The Balaban J connectivity index is 1.04. The largest absolute Gasteiger partial charge is 0.456 e. The lowest BCUT2D eigenvalue weighted by Crippen LogP contribution is -2.25. The molecule has 12 aromatic rings. The smallest absolute Gasteiger partial charge is 0.135 e. The Hall–Kier alpha value is -7.48. The second kappa shape index (κ2) is 10.9. The predicted molar refractivity (Wildman–Crippen MR) is 242 cm³/mol. The molecule has 0 bridgehead atoms. The van der Waals surface area contributed by atoms with Gasteiger partial charge < -0.3 is 4.42 Å². The lowest BCUT2D eigenvalue weighted by atomic mass is 9.70. The third-order valence-electron chi connectivity index (χ3n) is 13.6. The van der Waals surface area contributed by atoms with Crippen molar-refractivity contribution < 1.29 is 4.42 Å². The normalized spacial score (nSPS) is 13.7. The van der Waals surface area contributed by atoms with Crippen molar-refractivity contribution in [3.63, 3.8) is 0 Å². The molecule has 2 aliphatic rings. The van der Waals surface area contributed by atoms with Gasteiger partial charge in [0.2, 0.25) is 0 Å². The number of furan rings is 1. The maximum Gasteiger partial charge on any atom is 0.135 e. The van der Waals surface area contributed by atoms with Crippen LogP contribution >= 0.6 is 0 Å². The van der Waals surface area contributed by atoms with Crippen LogP contribution in [-0.2, 0) is 5.41 Å². The summed E-state index contributed by atoms with van der Waals surface area (Å²) in [4.78, 5) is 0. The lowest BCUT2D eigenvalue weighted by molar-refractivity contribution is 0.669. The quantitative estimate of drug-likeness (QED) is 0.161. The van der Waals surface area contributed by atoms with E-state index in [1.165, 1.54) is 110 Å². The monoisotopic (exact) mass is 732 g/mol. The van der Waals surface area contributed by atoms with Crippen molar-refractivity contribution in [2.45, 2.75) is 5.41 Å². The standard InChI is InChI=1S/C57H32O/c1-4-16-49-42(12-1)43-13-2-5-17-50(43)57(49)51-30-35(40-27-38-21-19-33-9-7-10-34-20-22-39(28-40)56(38)55(33)34)23-25-44(51)47-32-46-36(31-52(47)57)11-8-15-41(46)37-24-26-54-48(29-37)45-14-3-6-18-53(45)58-54/h1-32H. The van der Waals surface area contributed by atoms with Crippen molar-refractivity contribution in [2.24, 2.45) is 0 Å². The molecule has 266 valence electrons. The molecular formula is C57H32O. The molecule has 0 fully saturated rings. The molecule has 1 heteroatoms. The van der Waals surface area contributed by atoms with Gasteiger partial charge in [-0.05, 0) is 158 Å². The second-order valence-electron chi connectivity index (χ2n) is 16.3. The molecule has 0 N–H and O–H groups in total. The Bertz CT molecular complexity index is 3640. The molecule has 58 heavy (non-hydrogen) atoms. The molecule has 1 spiro atoms. The maximum absolute atomic E-state index is 6.23. The van der Waals surface area contributed by atoms with E-state index in [4.69, 9.17) is 4.42 Å². The maximum atomic E-state index is 6.23. The Morgan fingerprint density at radius 2 is 0.862 bits per heavy atom. The molecule has 11 aromatic carbocycles. The number of para-hydroxylation sites is 1. The summed E-state index contributed by atoms with van der Waals surface area (Å²) in [6.45, 7) is 0. The van der Waals surface area contributed by atoms with Gasteiger partial charge in [-0.3, -0.25) is 0 Å². The van der Waals surface area contributed by atoms with E-state index in [0.717, 1.165) is 21.9 Å². The van der Waals surface area contributed by atoms with Crippen LogP contribution in [0.2, 0.25) is 0 Å². The van der Waals surface area contributed by atoms with Crippen molar-refractivity contribution in [3.8, 4) is 44.5 Å². The van der Waals surface area contributed by atoms with E-state index in [1.807, 2.05) is 6.07 Å². The van der Waals surface area contributed by atoms with Crippen LogP contribution in [0.15, 0.2) is 199 Å². The van der Waals surface area contributed by atoms with E-state index in [1.54, 1.807) is 0 Å². The molecule has 0 radical (unpaired) electrons. The van der Waals surface area contributed by atoms with Crippen LogP contribution < -0.4 is 0 Å². The third-order valence-corrected chi connectivity index (χ3v) is 13.6. The van der Waals surface area contributed by atoms with E-state index < -0.39 is 5.41 Å². The van der Waals surface area contributed by atoms with Gasteiger partial charge >= 0.3 is 0 Å². The first-order valence-electron chi connectivity index (χ1n) is 20.2. The summed E-state index contributed by atoms with van der Waals surface area (Å²) in [6.07, 6.45) is 0. The first-order valence-corrected chi connectivity index (χ1v) is 20.2. The topological polar surface area (TPSA) is 13.1 Å². The minimum Gasteiger partial charge on any atom is -0.456 e. The van der Waals surface area contributed by atoms with Gasteiger partial charge in [0, 0.05) is 10.8 Å². The van der Waals surface area contributed by atoms with Gasteiger partial charge in [-0.15, -0.1) is 0 Å². The molecule has 2 aliphatic carbocycles. The van der Waals surface area contributed by atoms with Gasteiger partial charge in [0.15, 0.2) is 0 Å². The molecule has 14 rings (SSSR count). The Labute approximate surface area is 334 Å². The molecule has 0 unspecified atom stereocenters. The molecule has 0 atom stereocenters. The molecule has 1 nitrogen and oxygen atoms in total. The van der Waals surface area contributed by atoms with Crippen molar-refractivity contribution >= 4 is 65.0 Å². The summed E-state index contributed by atoms with van der Waals surface area (Å²) >= 11 is 0. The van der Waals surface area contributed by atoms with Gasteiger partial charge in [0.25, 0.3) is 0 Å². The van der Waals surface area contributed by atoms with E-state index >= 15 is 0 Å². The minimum absolute atomic E-state index is 0.456. The summed E-state index contributed by atoms with van der Waals surface area (Å²) in [5, 5.41) is 12.7. The number of hydrogen-bond acceptors (Lipinski definition) is 1. The number of rotatable bonds is 2. The molecule has 1 heterocycles. The molecule has 1 aromatic heterocycles. The molecule has 0 aliphatic heterocycles. The Morgan fingerprint density at radius 3 is 1.66 bits per heavy atom. The van der Waals surface area contributed by atoms with Gasteiger partial charge in [-0.1, -0.05) is 146 Å². The fourth-order valence-electron chi connectivity index (χ4n) is 11.2. The van der Waals surface area contributed by atoms with Gasteiger partial charge in [-0.2, -0.15) is 0 Å². The zero-order chi connectivity index (χ0) is 37.7. The fourth-order valence-corrected chi connectivity index (χ4v) is 11.2. The third kappa shape index (κ3) is 3.81. The SMILES string of the molecule is c1ccc2c(c1)-c1ccccc1C21c2cc(-c3cc4ccc5cccc6ccc(c3)c4c56)ccc2-c2cc3c(-c4ccc5oc6ccccc6c5c4)cccc3cc21. The van der Waals surface area contributed by atoms with Crippen LogP contribution in [-0.4, -0.2) is 0 Å². The van der Waals surface area contributed by atoms with Crippen LogP contribution in [0.4, 0.5) is 0 Å². The van der Waals surface area contributed by atoms with Gasteiger partial charge in [0.1, 0.15) is 11.2 Å². The number of hydrogen-bond donors (Lipinski definition) is 0. The average molecular weight is 733 g/mol. The van der Waals surface area contributed by atoms with Gasteiger partial charge in [0.05, 0.1) is 5.41 Å². The molecule has 0 saturated carbocycles. The van der Waals surface area contributed by atoms with Crippen LogP contribution in [0, 0.1) is 0 Å². The van der Waals surface area contributed by atoms with E-state index in [2.05, 4.69) is 188 Å². The molecule has 0 saturated heterocycles. The molecular weight excluding hydrogens is 701 g/mol. The molecule has 0 amide bonds. The first kappa shape index (κ1) is 30.7. The number of fused-ring (bicyclic) bond motifs is 14. The van der Waals surface area contributed by atoms with Crippen molar-refractivity contribution in [1.29, 1.82) is 0 Å². The summed E-state index contributed by atoms with van der Waals surface area (Å²) in [6, 6.07) is 72.9. The Kier molecular flexibility index (Phi) is 5.76. The van der Waals surface area contributed by atoms with Crippen LogP contribution in [0.25, 0.3) is 110 Å². The highest BCUT2D eigenvalue weighted by molar-refractivity contribution is 6.24. The predicted octanol–water partition coefficient (Wildman–Crippen LogP) is 15.3. The fraction of sp³-hybridized carbons (Fsp3) is 0.0175. The van der Waals surface area contributed by atoms with Gasteiger partial charge in [-0.25, -0.2) is 0 Å². The highest BCUT2D eigenvalue weighted by Crippen LogP contribution is 2.64. The highest BCUT2D eigenvalue weighted by atomic mass is 16.3. The Morgan fingerprint density at radius 1 is 0.276 bits per heavy atom. The summed E-state index contributed by atoms with van der Waals surface area (Å²) in [5.41, 5.74) is 17.0. The van der Waals surface area contributed by atoms with E-state index in [0.29, 0.717) is 0 Å². The van der Waals surface area contributed by atoms with Crippen LogP contribution in [0.5, 0.6) is 0 Å². The van der Waals surface area contributed by atoms with E-state index in [9.17, 15) is 0 Å². The van der Waals surface area contributed by atoms with Crippen LogP contribution in [0.3, 0.4) is 0 Å². The van der Waals surface area contributed by atoms with Crippen molar-refractivity contribution in [3.05, 3.63) is 216 Å². The number of benzene rings is 11. The summed E-state index contributed by atoms with van der Waals surface area (Å²) in [5.74, 6) is 0. The minimum atomic E-state index is -0.456. The second-order valence-corrected chi connectivity index (χ2v) is 16.3. The average Bonchev–Trinajstić information content (AvgIpc) is 3.90. The zero-order valence-corrected chi connectivity index (χ0v) is 31.4.